The lowest BCUT2D eigenvalue weighted by atomic mass is 10.2. The van der Waals surface area contributed by atoms with E-state index in [4.69, 9.17) is 11.6 Å². The second-order valence-electron chi connectivity index (χ2n) is 6.72. The van der Waals surface area contributed by atoms with Crippen molar-refractivity contribution in [3.63, 3.8) is 0 Å². The van der Waals surface area contributed by atoms with Gasteiger partial charge in [0.2, 0.25) is 10.0 Å². The van der Waals surface area contributed by atoms with Crippen LogP contribution in [0.25, 0.3) is 0 Å². The summed E-state index contributed by atoms with van der Waals surface area (Å²) in [6.07, 6.45) is 1.49. The fourth-order valence-electron chi connectivity index (χ4n) is 3.02. The van der Waals surface area contributed by atoms with Gasteiger partial charge in [0.1, 0.15) is 11.6 Å². The molecule has 0 saturated carbocycles. The third kappa shape index (κ3) is 5.39. The second kappa shape index (κ2) is 9.76. The Bertz CT molecular complexity index is 1060. The first-order valence-electron chi connectivity index (χ1n) is 9.34. The van der Waals surface area contributed by atoms with Gasteiger partial charge in [-0.2, -0.15) is 9.57 Å². The van der Waals surface area contributed by atoms with Gasteiger partial charge in [0.15, 0.2) is 0 Å². The number of hydrogen-bond acceptors (Lipinski definition) is 5. The molecule has 0 atom stereocenters. The first-order chi connectivity index (χ1) is 14.4. The lowest BCUT2D eigenvalue weighted by Crippen LogP contribution is -2.47. The number of carbonyl (C=O) groups excluding carboxylic acids is 1. The van der Waals surface area contributed by atoms with Crippen LogP contribution in [0.4, 0.5) is 0 Å². The minimum atomic E-state index is -3.55. The van der Waals surface area contributed by atoms with Crippen molar-refractivity contribution >= 4 is 27.5 Å². The van der Waals surface area contributed by atoms with Gasteiger partial charge in [0.05, 0.1) is 4.90 Å². The SMILES string of the molecule is N#C/C(=C/N1CCN(S(=O)(=O)c2ccccc2)CC1)C(=O)NCc1ccc(Cl)cc1. The molecule has 0 unspecified atom stereocenters. The molecule has 1 saturated heterocycles. The van der Waals surface area contributed by atoms with Gasteiger partial charge in [-0.1, -0.05) is 41.9 Å². The number of nitrogens with zero attached hydrogens (tertiary/aromatic N) is 3. The lowest BCUT2D eigenvalue weighted by Gasteiger charge is -2.33. The molecule has 2 aromatic rings. The molecule has 0 spiro atoms. The smallest absolute Gasteiger partial charge is 0.263 e. The molecule has 1 aliphatic heterocycles. The summed E-state index contributed by atoms with van der Waals surface area (Å²) in [5.74, 6) is -0.480. The zero-order valence-corrected chi connectivity index (χ0v) is 17.7. The molecular weight excluding hydrogens is 424 g/mol. The lowest BCUT2D eigenvalue weighted by molar-refractivity contribution is -0.117. The van der Waals surface area contributed by atoms with E-state index in [-0.39, 0.29) is 30.1 Å². The summed E-state index contributed by atoms with van der Waals surface area (Å²) >= 11 is 5.84. The number of piperazine rings is 1. The normalized spacial score (nSPS) is 15.5. The van der Waals surface area contributed by atoms with E-state index in [0.29, 0.717) is 18.1 Å². The molecule has 1 aliphatic rings. The van der Waals surface area contributed by atoms with Crippen LogP contribution in [0.5, 0.6) is 0 Å². The molecule has 156 valence electrons. The molecule has 1 amide bonds. The molecule has 3 rings (SSSR count). The van der Waals surface area contributed by atoms with Crippen LogP contribution in [0.3, 0.4) is 0 Å². The quantitative estimate of drug-likeness (QED) is 0.545. The van der Waals surface area contributed by atoms with Gasteiger partial charge < -0.3 is 10.2 Å². The number of rotatable bonds is 6. The van der Waals surface area contributed by atoms with Crippen molar-refractivity contribution in [2.24, 2.45) is 0 Å². The summed E-state index contributed by atoms with van der Waals surface area (Å²) in [5, 5.41) is 12.7. The van der Waals surface area contributed by atoms with Gasteiger partial charge in [0.25, 0.3) is 5.91 Å². The van der Waals surface area contributed by atoms with Crippen molar-refractivity contribution in [2.45, 2.75) is 11.4 Å². The molecule has 0 aliphatic carbocycles. The third-order valence-corrected chi connectivity index (χ3v) is 6.86. The van der Waals surface area contributed by atoms with Crippen molar-refractivity contribution in [1.82, 2.24) is 14.5 Å². The molecule has 2 aromatic carbocycles. The number of carbonyl (C=O) groups is 1. The molecule has 0 bridgehead atoms. The maximum atomic E-state index is 12.7. The van der Waals surface area contributed by atoms with E-state index in [2.05, 4.69) is 5.32 Å². The minimum Gasteiger partial charge on any atom is -0.373 e. The topological polar surface area (TPSA) is 93.5 Å². The average molecular weight is 445 g/mol. The second-order valence-corrected chi connectivity index (χ2v) is 9.09. The van der Waals surface area contributed by atoms with Crippen LogP contribution < -0.4 is 5.32 Å². The highest BCUT2D eigenvalue weighted by Gasteiger charge is 2.27. The zero-order chi connectivity index (χ0) is 21.6. The molecule has 0 radical (unpaired) electrons. The maximum absolute atomic E-state index is 12.7. The fraction of sp³-hybridized carbons (Fsp3) is 0.238. The molecule has 1 fully saturated rings. The Hall–Kier alpha value is -2.86. The maximum Gasteiger partial charge on any atom is 0.263 e. The van der Waals surface area contributed by atoms with Crippen molar-refractivity contribution in [3.8, 4) is 6.07 Å². The van der Waals surface area contributed by atoms with Crippen LogP contribution >= 0.6 is 11.6 Å². The van der Waals surface area contributed by atoms with Crippen LogP contribution in [-0.4, -0.2) is 49.7 Å². The molecule has 9 heteroatoms. The Morgan fingerprint density at radius 3 is 2.30 bits per heavy atom. The van der Waals surface area contributed by atoms with E-state index in [1.165, 1.54) is 10.5 Å². The molecule has 1 heterocycles. The van der Waals surface area contributed by atoms with Gasteiger partial charge in [-0.05, 0) is 29.8 Å². The van der Waals surface area contributed by atoms with Crippen molar-refractivity contribution in [1.29, 1.82) is 5.26 Å². The van der Waals surface area contributed by atoms with Gasteiger partial charge in [0, 0.05) is 43.9 Å². The number of hydrogen-bond donors (Lipinski definition) is 1. The highest BCUT2D eigenvalue weighted by molar-refractivity contribution is 7.89. The molecule has 30 heavy (non-hydrogen) atoms. The van der Waals surface area contributed by atoms with Crippen molar-refractivity contribution in [3.05, 3.63) is 77.0 Å². The fourth-order valence-corrected chi connectivity index (χ4v) is 4.58. The van der Waals surface area contributed by atoms with Gasteiger partial charge in [-0.3, -0.25) is 4.79 Å². The van der Waals surface area contributed by atoms with Crippen LogP contribution in [0.2, 0.25) is 5.02 Å². The number of nitrogens with one attached hydrogen (secondary N) is 1. The summed E-state index contributed by atoms with van der Waals surface area (Å²) < 4.78 is 26.8. The Morgan fingerprint density at radius 2 is 1.70 bits per heavy atom. The Labute approximate surface area is 181 Å². The van der Waals surface area contributed by atoms with Crippen LogP contribution in [0.15, 0.2) is 71.3 Å². The Morgan fingerprint density at radius 1 is 1.07 bits per heavy atom. The molecule has 1 N–H and O–H groups in total. The Balaban J connectivity index is 1.58. The summed E-state index contributed by atoms with van der Waals surface area (Å²) in [7, 11) is -3.55. The van der Waals surface area contributed by atoms with Crippen molar-refractivity contribution in [2.75, 3.05) is 26.2 Å². The van der Waals surface area contributed by atoms with Crippen LogP contribution in [-0.2, 0) is 21.4 Å². The number of halogens is 1. The minimum absolute atomic E-state index is 0.0247. The molecule has 7 nitrogen and oxygen atoms in total. The monoisotopic (exact) mass is 444 g/mol. The third-order valence-electron chi connectivity index (χ3n) is 4.70. The predicted molar refractivity (Wildman–Crippen MR) is 114 cm³/mol. The van der Waals surface area contributed by atoms with E-state index in [9.17, 15) is 18.5 Å². The predicted octanol–water partition coefficient (Wildman–Crippen LogP) is 2.37. The summed E-state index contributed by atoms with van der Waals surface area (Å²) in [6.45, 7) is 1.61. The van der Waals surface area contributed by atoms with E-state index in [1.807, 2.05) is 6.07 Å². The average Bonchev–Trinajstić information content (AvgIpc) is 2.77. The first kappa shape index (κ1) is 21.8. The molecule has 0 aromatic heterocycles. The summed E-state index contributed by atoms with van der Waals surface area (Å²) in [6, 6.07) is 17.3. The highest BCUT2D eigenvalue weighted by atomic mass is 35.5. The molecular formula is C21H21ClN4O3S. The van der Waals surface area contributed by atoms with Crippen LogP contribution in [0, 0.1) is 11.3 Å². The zero-order valence-electron chi connectivity index (χ0n) is 16.2. The van der Waals surface area contributed by atoms with E-state index >= 15 is 0 Å². The number of nitriles is 1. The van der Waals surface area contributed by atoms with E-state index in [1.54, 1.807) is 59.5 Å². The van der Waals surface area contributed by atoms with Crippen LogP contribution in [0.1, 0.15) is 5.56 Å². The number of benzene rings is 2. The Kier molecular flexibility index (Phi) is 7.11. The summed E-state index contributed by atoms with van der Waals surface area (Å²) in [4.78, 5) is 14.4. The largest absolute Gasteiger partial charge is 0.373 e. The van der Waals surface area contributed by atoms with E-state index in [0.717, 1.165) is 5.56 Å². The number of amides is 1. The van der Waals surface area contributed by atoms with Crippen molar-refractivity contribution < 1.29 is 13.2 Å². The number of sulfonamides is 1. The summed E-state index contributed by atoms with van der Waals surface area (Å²) in [5.41, 5.74) is 0.841. The van der Waals surface area contributed by atoms with Gasteiger partial charge >= 0.3 is 0 Å². The van der Waals surface area contributed by atoms with Gasteiger partial charge in [-0.15, -0.1) is 0 Å². The van der Waals surface area contributed by atoms with Gasteiger partial charge in [-0.25, -0.2) is 8.42 Å². The van der Waals surface area contributed by atoms with E-state index < -0.39 is 15.9 Å². The standard InChI is InChI=1S/C21H21ClN4O3S/c22-19-8-6-17(7-9-19)15-24-21(27)18(14-23)16-25-10-12-26(13-11-25)30(28,29)20-4-2-1-3-5-20/h1-9,16H,10-13,15H2,(H,24,27)/b18-16-. The highest BCUT2D eigenvalue weighted by Crippen LogP contribution is 2.17. The first-order valence-corrected chi connectivity index (χ1v) is 11.2.